The van der Waals surface area contributed by atoms with Crippen LogP contribution in [-0.2, 0) is 4.79 Å². The van der Waals surface area contributed by atoms with Gasteiger partial charge in [-0.1, -0.05) is 0 Å². The number of piperazine rings is 1. The first-order chi connectivity index (χ1) is 13.9. The Balaban J connectivity index is 1.41. The van der Waals surface area contributed by atoms with Gasteiger partial charge < -0.3 is 16.0 Å². The molecule has 0 spiro atoms. The van der Waals surface area contributed by atoms with Crippen LogP contribution in [0.5, 0.6) is 0 Å². The second-order valence-electron chi connectivity index (χ2n) is 7.17. The smallest absolute Gasteiger partial charge is 0.248 e. The average Bonchev–Trinajstić information content (AvgIpc) is 2.73. The molecule has 3 N–H and O–H groups in total. The van der Waals surface area contributed by atoms with E-state index in [0.717, 1.165) is 37.4 Å². The van der Waals surface area contributed by atoms with Gasteiger partial charge in [0.15, 0.2) is 5.78 Å². The molecule has 0 aromatic heterocycles. The molecular formula is C22H26N4O3. The number of hydrogen-bond acceptors (Lipinski definition) is 5. The number of nitrogens with one attached hydrogen (secondary N) is 1. The van der Waals surface area contributed by atoms with E-state index in [2.05, 4.69) is 15.1 Å². The lowest BCUT2D eigenvalue weighted by Crippen LogP contribution is -2.47. The monoisotopic (exact) mass is 394 g/mol. The topological polar surface area (TPSA) is 95.7 Å². The van der Waals surface area contributed by atoms with Crippen molar-refractivity contribution in [1.82, 2.24) is 4.90 Å². The Morgan fingerprint density at radius 2 is 1.48 bits per heavy atom. The Hall–Kier alpha value is -3.19. The zero-order valence-corrected chi connectivity index (χ0v) is 16.6. The molecule has 0 aliphatic carbocycles. The molecule has 2 amide bonds. The van der Waals surface area contributed by atoms with Crippen molar-refractivity contribution < 1.29 is 14.4 Å². The first-order valence-corrected chi connectivity index (χ1v) is 9.70. The van der Waals surface area contributed by atoms with Crippen molar-refractivity contribution in [2.45, 2.75) is 13.3 Å². The van der Waals surface area contributed by atoms with E-state index in [1.54, 1.807) is 31.2 Å². The zero-order chi connectivity index (χ0) is 20.8. The van der Waals surface area contributed by atoms with Gasteiger partial charge in [-0.2, -0.15) is 0 Å². The van der Waals surface area contributed by atoms with Crippen LogP contribution >= 0.6 is 0 Å². The van der Waals surface area contributed by atoms with E-state index in [4.69, 9.17) is 5.73 Å². The molecule has 1 saturated heterocycles. The summed E-state index contributed by atoms with van der Waals surface area (Å²) in [4.78, 5) is 39.2. The lowest BCUT2D eigenvalue weighted by molar-refractivity contribution is -0.116. The Kier molecular flexibility index (Phi) is 6.61. The summed E-state index contributed by atoms with van der Waals surface area (Å²) in [6.07, 6.45) is 0.408. The highest BCUT2D eigenvalue weighted by molar-refractivity contribution is 5.95. The van der Waals surface area contributed by atoms with Crippen LogP contribution in [0, 0.1) is 0 Å². The third-order valence-electron chi connectivity index (χ3n) is 5.12. The highest BCUT2D eigenvalue weighted by atomic mass is 16.2. The third kappa shape index (κ3) is 5.65. The Labute approximate surface area is 170 Å². The lowest BCUT2D eigenvalue weighted by Gasteiger charge is -2.36. The summed E-state index contributed by atoms with van der Waals surface area (Å²) in [5, 5.41) is 2.84. The summed E-state index contributed by atoms with van der Waals surface area (Å²) >= 11 is 0. The van der Waals surface area contributed by atoms with Gasteiger partial charge in [-0.25, -0.2) is 0 Å². The number of anilines is 2. The van der Waals surface area contributed by atoms with Gasteiger partial charge >= 0.3 is 0 Å². The van der Waals surface area contributed by atoms with Gasteiger partial charge in [0.25, 0.3) is 0 Å². The average molecular weight is 394 g/mol. The molecule has 29 heavy (non-hydrogen) atoms. The number of carbonyl (C=O) groups excluding carboxylic acids is 3. The van der Waals surface area contributed by atoms with Crippen molar-refractivity contribution in [1.29, 1.82) is 0 Å². The maximum Gasteiger partial charge on any atom is 0.248 e. The maximum atomic E-state index is 12.2. The van der Waals surface area contributed by atoms with E-state index < -0.39 is 5.91 Å². The highest BCUT2D eigenvalue weighted by Crippen LogP contribution is 2.18. The Morgan fingerprint density at radius 1 is 0.897 bits per heavy atom. The fraction of sp³-hybridized carbons (Fsp3) is 0.318. The van der Waals surface area contributed by atoms with Crippen molar-refractivity contribution in [3.8, 4) is 0 Å². The van der Waals surface area contributed by atoms with Crippen LogP contribution in [-0.4, -0.2) is 55.2 Å². The number of hydrogen-bond donors (Lipinski definition) is 2. The number of rotatable bonds is 7. The van der Waals surface area contributed by atoms with Gasteiger partial charge in [-0.15, -0.1) is 0 Å². The summed E-state index contributed by atoms with van der Waals surface area (Å²) in [5.41, 5.74) is 8.12. The van der Waals surface area contributed by atoms with E-state index in [1.807, 2.05) is 24.3 Å². The first kappa shape index (κ1) is 20.5. The molecule has 1 aliphatic heterocycles. The molecule has 0 unspecified atom stereocenters. The summed E-state index contributed by atoms with van der Waals surface area (Å²) < 4.78 is 0. The normalized spacial score (nSPS) is 14.4. The van der Waals surface area contributed by atoms with Gasteiger partial charge in [-0.05, 0) is 55.5 Å². The number of amides is 2. The molecule has 7 heteroatoms. The molecule has 0 radical (unpaired) electrons. The van der Waals surface area contributed by atoms with E-state index in [0.29, 0.717) is 24.2 Å². The maximum absolute atomic E-state index is 12.2. The Morgan fingerprint density at radius 3 is 2.03 bits per heavy atom. The van der Waals surface area contributed by atoms with Gasteiger partial charge in [0.2, 0.25) is 11.8 Å². The van der Waals surface area contributed by atoms with Gasteiger partial charge in [0.1, 0.15) is 0 Å². The third-order valence-corrected chi connectivity index (χ3v) is 5.12. The van der Waals surface area contributed by atoms with Gasteiger partial charge in [0, 0.05) is 61.6 Å². The minimum Gasteiger partial charge on any atom is -0.369 e. The van der Waals surface area contributed by atoms with E-state index >= 15 is 0 Å². The quantitative estimate of drug-likeness (QED) is 0.702. The van der Waals surface area contributed by atoms with Crippen LogP contribution in [0.15, 0.2) is 48.5 Å². The van der Waals surface area contributed by atoms with Crippen molar-refractivity contribution in [2.24, 2.45) is 5.73 Å². The first-order valence-electron chi connectivity index (χ1n) is 9.70. The number of Topliss-reactive ketones (excluding diaryl/α,β-unsaturated/α-hetero) is 1. The standard InChI is InChI=1S/C22H26N4O3/c1-16(27)17-4-8-20(9-5-17)26-14-12-25(13-15-26)11-10-21(28)24-19-6-2-18(3-7-19)22(23)29/h2-9H,10-15H2,1H3,(H2,23,29)(H,24,28). The second kappa shape index (κ2) is 9.34. The van der Waals surface area contributed by atoms with Crippen LogP contribution in [0.3, 0.4) is 0 Å². The summed E-state index contributed by atoms with van der Waals surface area (Å²) in [7, 11) is 0. The number of nitrogens with zero attached hydrogens (tertiary/aromatic N) is 2. The molecule has 152 valence electrons. The predicted molar refractivity (Wildman–Crippen MR) is 113 cm³/mol. The van der Waals surface area contributed by atoms with Gasteiger partial charge in [-0.3, -0.25) is 19.3 Å². The number of benzene rings is 2. The number of carbonyl (C=O) groups is 3. The SMILES string of the molecule is CC(=O)c1ccc(N2CCN(CCC(=O)Nc3ccc(C(N)=O)cc3)CC2)cc1. The molecular weight excluding hydrogens is 368 g/mol. The minimum absolute atomic E-state index is 0.0564. The van der Waals surface area contributed by atoms with Crippen LogP contribution < -0.4 is 16.0 Å². The van der Waals surface area contributed by atoms with Crippen molar-refractivity contribution >= 4 is 29.0 Å². The number of ketones is 1. The molecule has 0 atom stereocenters. The molecule has 2 aromatic rings. The predicted octanol–water partition coefficient (Wildman–Crippen LogP) is 2.14. The fourth-order valence-corrected chi connectivity index (χ4v) is 3.34. The van der Waals surface area contributed by atoms with Gasteiger partial charge in [0.05, 0.1) is 0 Å². The molecule has 7 nitrogen and oxygen atoms in total. The van der Waals surface area contributed by atoms with E-state index in [9.17, 15) is 14.4 Å². The summed E-state index contributed by atoms with van der Waals surface area (Å²) in [6, 6.07) is 14.3. The molecule has 3 rings (SSSR count). The lowest BCUT2D eigenvalue weighted by atomic mass is 10.1. The van der Waals surface area contributed by atoms with Crippen LogP contribution in [0.25, 0.3) is 0 Å². The van der Waals surface area contributed by atoms with Crippen LogP contribution in [0.2, 0.25) is 0 Å². The second-order valence-corrected chi connectivity index (χ2v) is 7.17. The van der Waals surface area contributed by atoms with Crippen molar-refractivity contribution in [3.05, 3.63) is 59.7 Å². The molecule has 0 bridgehead atoms. The summed E-state index contributed by atoms with van der Waals surface area (Å²) in [5.74, 6) is -0.473. The van der Waals surface area contributed by atoms with Crippen molar-refractivity contribution in [2.75, 3.05) is 42.9 Å². The molecule has 2 aromatic carbocycles. The van der Waals surface area contributed by atoms with Crippen molar-refractivity contribution in [3.63, 3.8) is 0 Å². The number of nitrogens with two attached hydrogens (primary N) is 1. The van der Waals surface area contributed by atoms with E-state index in [-0.39, 0.29) is 11.7 Å². The largest absolute Gasteiger partial charge is 0.369 e. The highest BCUT2D eigenvalue weighted by Gasteiger charge is 2.18. The molecule has 1 heterocycles. The fourth-order valence-electron chi connectivity index (χ4n) is 3.34. The number of primary amides is 1. The molecule has 0 saturated carbocycles. The Bertz CT molecular complexity index is 870. The minimum atomic E-state index is -0.489. The molecule has 1 aliphatic rings. The zero-order valence-electron chi connectivity index (χ0n) is 16.6. The molecule has 1 fully saturated rings. The van der Waals surface area contributed by atoms with Crippen LogP contribution in [0.4, 0.5) is 11.4 Å². The van der Waals surface area contributed by atoms with E-state index in [1.165, 1.54) is 0 Å². The van der Waals surface area contributed by atoms with Crippen LogP contribution in [0.1, 0.15) is 34.1 Å². The summed E-state index contributed by atoms with van der Waals surface area (Å²) in [6.45, 7) is 5.80.